The second kappa shape index (κ2) is 4.77. The standard InChI is InChI=1S/C11H12BrN5O/c1-6-3-9(17(2)16-6)11(18)15-10-8(12)4-7(13)5-14-10/h3-5H,13H2,1-2H3,(H,14,15,18). The van der Waals surface area contributed by atoms with Gasteiger partial charge in [0.1, 0.15) is 11.5 Å². The van der Waals surface area contributed by atoms with Crippen molar-refractivity contribution >= 4 is 33.3 Å². The van der Waals surface area contributed by atoms with Gasteiger partial charge in [0.15, 0.2) is 0 Å². The van der Waals surface area contributed by atoms with Gasteiger partial charge in [-0.3, -0.25) is 9.48 Å². The van der Waals surface area contributed by atoms with Crippen LogP contribution in [0.2, 0.25) is 0 Å². The van der Waals surface area contributed by atoms with Gasteiger partial charge in [-0.25, -0.2) is 4.98 Å². The Labute approximate surface area is 112 Å². The lowest BCUT2D eigenvalue weighted by Gasteiger charge is -2.06. The van der Waals surface area contributed by atoms with Gasteiger partial charge in [-0.1, -0.05) is 0 Å². The lowest BCUT2D eigenvalue weighted by molar-refractivity contribution is 0.101. The highest BCUT2D eigenvalue weighted by atomic mass is 79.9. The molecule has 7 heteroatoms. The third-order valence-electron chi connectivity index (χ3n) is 2.33. The van der Waals surface area contributed by atoms with Crippen molar-refractivity contribution in [3.63, 3.8) is 0 Å². The number of carbonyl (C=O) groups is 1. The molecule has 2 aromatic heterocycles. The van der Waals surface area contributed by atoms with Gasteiger partial charge in [0.05, 0.1) is 22.1 Å². The smallest absolute Gasteiger partial charge is 0.275 e. The number of rotatable bonds is 2. The predicted molar refractivity (Wildman–Crippen MR) is 72.2 cm³/mol. The summed E-state index contributed by atoms with van der Waals surface area (Å²) >= 11 is 3.29. The number of hydrogen-bond donors (Lipinski definition) is 2. The summed E-state index contributed by atoms with van der Waals surface area (Å²) in [6.45, 7) is 1.83. The van der Waals surface area contributed by atoms with E-state index in [1.54, 1.807) is 19.2 Å². The second-order valence-electron chi connectivity index (χ2n) is 3.85. The van der Waals surface area contributed by atoms with Crippen molar-refractivity contribution in [2.75, 3.05) is 11.1 Å². The summed E-state index contributed by atoms with van der Waals surface area (Å²) in [6.07, 6.45) is 1.48. The van der Waals surface area contributed by atoms with E-state index in [1.807, 2.05) is 6.92 Å². The molecular weight excluding hydrogens is 298 g/mol. The molecule has 0 saturated heterocycles. The summed E-state index contributed by atoms with van der Waals surface area (Å²) in [4.78, 5) is 16.1. The van der Waals surface area contributed by atoms with Gasteiger partial charge in [0.2, 0.25) is 0 Å². The SMILES string of the molecule is Cc1cc(C(=O)Nc2ncc(N)cc2Br)n(C)n1. The third-order valence-corrected chi connectivity index (χ3v) is 2.93. The number of nitrogen functional groups attached to an aromatic ring is 1. The maximum atomic E-state index is 12.0. The summed E-state index contributed by atoms with van der Waals surface area (Å²) in [7, 11) is 1.72. The lowest BCUT2D eigenvalue weighted by Crippen LogP contribution is -2.17. The van der Waals surface area contributed by atoms with Crippen LogP contribution in [0.5, 0.6) is 0 Å². The van der Waals surface area contributed by atoms with Gasteiger partial charge < -0.3 is 11.1 Å². The van der Waals surface area contributed by atoms with Gasteiger partial charge in [-0.2, -0.15) is 5.10 Å². The van der Waals surface area contributed by atoms with Gasteiger partial charge in [-0.15, -0.1) is 0 Å². The van der Waals surface area contributed by atoms with E-state index in [0.717, 1.165) is 5.69 Å². The first-order chi connectivity index (χ1) is 8.47. The van der Waals surface area contributed by atoms with Crippen molar-refractivity contribution in [3.05, 3.63) is 34.2 Å². The minimum absolute atomic E-state index is 0.268. The number of aryl methyl sites for hydroxylation is 2. The van der Waals surface area contributed by atoms with Gasteiger partial charge in [-0.05, 0) is 35.0 Å². The summed E-state index contributed by atoms with van der Waals surface area (Å²) in [5, 5.41) is 6.81. The largest absolute Gasteiger partial charge is 0.397 e. The fraction of sp³-hybridized carbons (Fsp3) is 0.182. The van der Waals surface area contributed by atoms with Crippen LogP contribution in [0.4, 0.5) is 11.5 Å². The van der Waals surface area contributed by atoms with Crippen LogP contribution in [0, 0.1) is 6.92 Å². The fourth-order valence-electron chi connectivity index (χ4n) is 1.54. The van der Waals surface area contributed by atoms with E-state index in [0.29, 0.717) is 21.7 Å². The Morgan fingerprint density at radius 2 is 2.22 bits per heavy atom. The number of anilines is 2. The average Bonchev–Trinajstić information content (AvgIpc) is 2.62. The van der Waals surface area contributed by atoms with Crippen molar-refractivity contribution in [2.24, 2.45) is 7.05 Å². The van der Waals surface area contributed by atoms with E-state index < -0.39 is 0 Å². The van der Waals surface area contributed by atoms with Crippen LogP contribution in [0.3, 0.4) is 0 Å². The van der Waals surface area contributed by atoms with Crippen molar-refractivity contribution in [3.8, 4) is 0 Å². The van der Waals surface area contributed by atoms with Crippen molar-refractivity contribution in [1.82, 2.24) is 14.8 Å². The van der Waals surface area contributed by atoms with E-state index in [9.17, 15) is 4.79 Å². The Morgan fingerprint density at radius 3 is 2.78 bits per heavy atom. The fourth-order valence-corrected chi connectivity index (χ4v) is 2.01. The highest BCUT2D eigenvalue weighted by molar-refractivity contribution is 9.10. The van der Waals surface area contributed by atoms with Crippen LogP contribution in [0.1, 0.15) is 16.2 Å². The molecule has 94 valence electrons. The molecule has 18 heavy (non-hydrogen) atoms. The quantitative estimate of drug-likeness (QED) is 0.884. The van der Waals surface area contributed by atoms with Crippen LogP contribution in [0.25, 0.3) is 0 Å². The van der Waals surface area contributed by atoms with Crippen LogP contribution >= 0.6 is 15.9 Å². The van der Waals surface area contributed by atoms with Crippen LogP contribution in [-0.4, -0.2) is 20.7 Å². The minimum atomic E-state index is -0.268. The first-order valence-electron chi connectivity index (χ1n) is 5.20. The Hall–Kier alpha value is -1.89. The Morgan fingerprint density at radius 1 is 1.50 bits per heavy atom. The normalized spacial score (nSPS) is 10.4. The number of nitrogens with zero attached hydrogens (tertiary/aromatic N) is 3. The molecule has 3 N–H and O–H groups in total. The maximum Gasteiger partial charge on any atom is 0.275 e. The zero-order valence-electron chi connectivity index (χ0n) is 9.94. The monoisotopic (exact) mass is 309 g/mol. The second-order valence-corrected chi connectivity index (χ2v) is 4.70. The summed E-state index contributed by atoms with van der Waals surface area (Å²) < 4.78 is 2.16. The number of nitrogens with one attached hydrogen (secondary N) is 1. The zero-order chi connectivity index (χ0) is 13.3. The molecular formula is C11H12BrN5O. The van der Waals surface area contributed by atoms with Crippen LogP contribution < -0.4 is 11.1 Å². The molecule has 0 aromatic carbocycles. The first kappa shape index (κ1) is 12.6. The lowest BCUT2D eigenvalue weighted by atomic mass is 10.3. The number of nitrogens with two attached hydrogens (primary N) is 1. The Bertz CT molecular complexity index is 607. The molecule has 0 aliphatic rings. The molecule has 0 unspecified atom stereocenters. The van der Waals surface area contributed by atoms with E-state index in [-0.39, 0.29) is 5.91 Å². The molecule has 0 saturated carbocycles. The topological polar surface area (TPSA) is 85.8 Å². The number of carbonyl (C=O) groups excluding carboxylic acids is 1. The number of pyridine rings is 1. The predicted octanol–water partition coefficient (Wildman–Crippen LogP) is 1.72. The summed E-state index contributed by atoms with van der Waals surface area (Å²) in [6, 6.07) is 3.39. The summed E-state index contributed by atoms with van der Waals surface area (Å²) in [5.74, 6) is 0.157. The van der Waals surface area contributed by atoms with E-state index in [4.69, 9.17) is 5.73 Å². The van der Waals surface area contributed by atoms with Gasteiger partial charge >= 0.3 is 0 Å². The molecule has 0 aliphatic heterocycles. The van der Waals surface area contributed by atoms with Crippen LogP contribution in [0.15, 0.2) is 22.8 Å². The molecule has 0 radical (unpaired) electrons. The molecule has 2 rings (SSSR count). The van der Waals surface area contributed by atoms with Gasteiger partial charge in [0, 0.05) is 7.05 Å². The maximum absolute atomic E-state index is 12.0. The molecule has 0 bridgehead atoms. The van der Waals surface area contributed by atoms with Crippen molar-refractivity contribution in [2.45, 2.75) is 6.92 Å². The van der Waals surface area contributed by atoms with E-state index in [1.165, 1.54) is 10.9 Å². The molecule has 1 amide bonds. The number of halogens is 1. The molecule has 0 aliphatic carbocycles. The molecule has 0 atom stereocenters. The molecule has 2 aromatic rings. The van der Waals surface area contributed by atoms with Crippen molar-refractivity contribution < 1.29 is 4.79 Å². The third kappa shape index (κ3) is 2.51. The van der Waals surface area contributed by atoms with E-state index >= 15 is 0 Å². The molecule has 0 spiro atoms. The van der Waals surface area contributed by atoms with Crippen LogP contribution in [-0.2, 0) is 7.05 Å². The highest BCUT2D eigenvalue weighted by Crippen LogP contribution is 2.22. The molecule has 6 nitrogen and oxygen atoms in total. The number of aromatic nitrogens is 3. The highest BCUT2D eigenvalue weighted by Gasteiger charge is 2.14. The van der Waals surface area contributed by atoms with E-state index in [2.05, 4.69) is 31.3 Å². The summed E-state index contributed by atoms with van der Waals surface area (Å²) in [5.41, 5.74) is 7.36. The molecule has 2 heterocycles. The zero-order valence-corrected chi connectivity index (χ0v) is 11.5. The van der Waals surface area contributed by atoms with Crippen molar-refractivity contribution in [1.29, 1.82) is 0 Å². The Balaban J connectivity index is 2.24. The van der Waals surface area contributed by atoms with Gasteiger partial charge in [0.25, 0.3) is 5.91 Å². The number of amides is 1. The number of hydrogen-bond acceptors (Lipinski definition) is 4. The molecule has 0 fully saturated rings. The first-order valence-corrected chi connectivity index (χ1v) is 5.99. The average molecular weight is 310 g/mol. The minimum Gasteiger partial charge on any atom is -0.397 e. The Kier molecular flexibility index (Phi) is 3.33.